The molecule has 1 aromatic heterocycles. The van der Waals surface area contributed by atoms with Gasteiger partial charge in [-0.05, 0) is 38.8 Å². The first-order valence-electron chi connectivity index (χ1n) is 9.63. The van der Waals surface area contributed by atoms with E-state index in [2.05, 4.69) is 5.10 Å². The zero-order valence-corrected chi connectivity index (χ0v) is 16.7. The highest BCUT2D eigenvalue weighted by Gasteiger charge is 2.30. The third-order valence-electron chi connectivity index (χ3n) is 5.36. The minimum Gasteiger partial charge on any atom is -0.497 e. The van der Waals surface area contributed by atoms with E-state index in [-0.39, 0.29) is 11.9 Å². The fraction of sp³-hybridized carbons (Fsp3) is 0.524. The Labute approximate surface area is 161 Å². The van der Waals surface area contributed by atoms with Crippen LogP contribution in [-0.2, 0) is 13.1 Å². The zero-order chi connectivity index (χ0) is 19.4. The van der Waals surface area contributed by atoms with Gasteiger partial charge in [0.25, 0.3) is 5.91 Å². The standard InChI is InChI=1S/C21H29N3O3/c1-5-23-14-19(15(2)22-23)21(25)24(17-8-6-7-9-17)13-16-10-11-18(26-3)12-20(16)27-4/h10-12,14,17H,5-9,13H2,1-4H3. The van der Waals surface area contributed by atoms with E-state index in [4.69, 9.17) is 9.47 Å². The summed E-state index contributed by atoms with van der Waals surface area (Å²) in [4.78, 5) is 15.4. The first-order valence-corrected chi connectivity index (χ1v) is 9.63. The molecule has 1 aliphatic carbocycles. The Kier molecular flexibility index (Phi) is 6.04. The number of benzene rings is 1. The number of nitrogens with zero attached hydrogens (tertiary/aromatic N) is 3. The molecule has 1 saturated carbocycles. The lowest BCUT2D eigenvalue weighted by molar-refractivity contribution is 0.0662. The first kappa shape index (κ1) is 19.3. The van der Waals surface area contributed by atoms with Gasteiger partial charge in [-0.1, -0.05) is 12.8 Å². The van der Waals surface area contributed by atoms with Crippen molar-refractivity contribution in [2.45, 2.75) is 58.7 Å². The van der Waals surface area contributed by atoms with Gasteiger partial charge in [-0.15, -0.1) is 0 Å². The van der Waals surface area contributed by atoms with Gasteiger partial charge in [0.05, 0.1) is 25.5 Å². The smallest absolute Gasteiger partial charge is 0.257 e. The molecule has 3 rings (SSSR count). The molecule has 2 aromatic rings. The molecule has 0 unspecified atom stereocenters. The van der Waals surface area contributed by atoms with E-state index in [1.807, 2.05) is 47.8 Å². The maximum atomic E-state index is 13.4. The number of aryl methyl sites for hydroxylation is 2. The van der Waals surface area contributed by atoms with E-state index in [0.717, 1.165) is 42.1 Å². The summed E-state index contributed by atoms with van der Waals surface area (Å²) in [6.45, 7) is 5.20. The summed E-state index contributed by atoms with van der Waals surface area (Å²) in [7, 11) is 3.28. The maximum absolute atomic E-state index is 13.4. The second-order valence-corrected chi connectivity index (χ2v) is 7.03. The van der Waals surface area contributed by atoms with Gasteiger partial charge in [0, 0.05) is 37.0 Å². The fourth-order valence-electron chi connectivity index (χ4n) is 3.79. The molecule has 0 N–H and O–H groups in total. The number of aromatic nitrogens is 2. The number of amides is 1. The molecule has 1 aliphatic rings. The molecule has 0 atom stereocenters. The van der Waals surface area contributed by atoms with Gasteiger partial charge in [0.2, 0.25) is 0 Å². The van der Waals surface area contributed by atoms with Crippen molar-refractivity contribution in [3.63, 3.8) is 0 Å². The summed E-state index contributed by atoms with van der Waals surface area (Å²) >= 11 is 0. The highest BCUT2D eigenvalue weighted by Crippen LogP contribution is 2.31. The lowest BCUT2D eigenvalue weighted by Crippen LogP contribution is -2.38. The molecule has 1 amide bonds. The number of hydrogen-bond donors (Lipinski definition) is 0. The third-order valence-corrected chi connectivity index (χ3v) is 5.36. The summed E-state index contributed by atoms with van der Waals surface area (Å²) in [5.74, 6) is 1.54. The van der Waals surface area contributed by atoms with Crippen LogP contribution in [0.25, 0.3) is 0 Å². The van der Waals surface area contributed by atoms with Crippen LogP contribution in [0.3, 0.4) is 0 Å². The Bertz CT molecular complexity index is 794. The van der Waals surface area contributed by atoms with E-state index in [9.17, 15) is 4.79 Å². The molecule has 27 heavy (non-hydrogen) atoms. The Hall–Kier alpha value is -2.50. The van der Waals surface area contributed by atoms with Gasteiger partial charge < -0.3 is 14.4 Å². The van der Waals surface area contributed by atoms with Crippen molar-refractivity contribution < 1.29 is 14.3 Å². The van der Waals surface area contributed by atoms with Gasteiger partial charge in [0.1, 0.15) is 11.5 Å². The van der Waals surface area contributed by atoms with Gasteiger partial charge in [-0.25, -0.2) is 0 Å². The molecule has 1 fully saturated rings. The third kappa shape index (κ3) is 4.10. The van der Waals surface area contributed by atoms with E-state index in [0.29, 0.717) is 12.1 Å². The van der Waals surface area contributed by atoms with Crippen LogP contribution in [0, 0.1) is 6.92 Å². The van der Waals surface area contributed by atoms with Crippen molar-refractivity contribution in [2.24, 2.45) is 0 Å². The molecule has 0 saturated heterocycles. The fourth-order valence-corrected chi connectivity index (χ4v) is 3.79. The van der Waals surface area contributed by atoms with Crippen LogP contribution in [0.15, 0.2) is 24.4 Å². The quantitative estimate of drug-likeness (QED) is 0.743. The van der Waals surface area contributed by atoms with Crippen molar-refractivity contribution in [3.8, 4) is 11.5 Å². The Morgan fingerprint density at radius 1 is 1.26 bits per heavy atom. The van der Waals surface area contributed by atoms with Gasteiger partial charge in [-0.3, -0.25) is 9.48 Å². The summed E-state index contributed by atoms with van der Waals surface area (Å²) in [5.41, 5.74) is 2.46. The number of ether oxygens (including phenoxy) is 2. The zero-order valence-electron chi connectivity index (χ0n) is 16.7. The predicted molar refractivity (Wildman–Crippen MR) is 104 cm³/mol. The second kappa shape index (κ2) is 8.46. The maximum Gasteiger partial charge on any atom is 0.257 e. The average molecular weight is 371 g/mol. The molecule has 1 aromatic carbocycles. The van der Waals surface area contributed by atoms with Crippen LogP contribution in [0.5, 0.6) is 11.5 Å². The lowest BCUT2D eigenvalue weighted by atomic mass is 10.1. The van der Waals surface area contributed by atoms with Crippen molar-refractivity contribution >= 4 is 5.91 Å². The molecule has 0 aliphatic heterocycles. The Balaban J connectivity index is 1.92. The number of carbonyl (C=O) groups excluding carboxylic acids is 1. The number of hydrogen-bond acceptors (Lipinski definition) is 4. The molecular weight excluding hydrogens is 342 g/mol. The van der Waals surface area contributed by atoms with Crippen LogP contribution in [0.1, 0.15) is 54.2 Å². The van der Waals surface area contributed by atoms with Crippen molar-refractivity contribution in [3.05, 3.63) is 41.2 Å². The van der Waals surface area contributed by atoms with Crippen molar-refractivity contribution in [1.82, 2.24) is 14.7 Å². The summed E-state index contributed by atoms with van der Waals surface area (Å²) in [6, 6.07) is 6.02. The number of carbonyl (C=O) groups is 1. The van der Waals surface area contributed by atoms with E-state index in [1.54, 1.807) is 14.2 Å². The van der Waals surface area contributed by atoms with Gasteiger partial charge in [-0.2, -0.15) is 5.10 Å². The molecular formula is C21H29N3O3. The predicted octanol–water partition coefficient (Wildman–Crippen LogP) is 3.81. The van der Waals surface area contributed by atoms with E-state index in [1.165, 1.54) is 12.8 Å². The van der Waals surface area contributed by atoms with Crippen LogP contribution in [0.2, 0.25) is 0 Å². The summed E-state index contributed by atoms with van der Waals surface area (Å²) in [6.07, 6.45) is 6.30. The Morgan fingerprint density at radius 3 is 2.59 bits per heavy atom. The first-order chi connectivity index (χ1) is 13.1. The molecule has 0 spiro atoms. The molecule has 6 nitrogen and oxygen atoms in total. The normalized spacial score (nSPS) is 14.4. The van der Waals surface area contributed by atoms with Gasteiger partial charge >= 0.3 is 0 Å². The van der Waals surface area contributed by atoms with Crippen LogP contribution < -0.4 is 9.47 Å². The number of rotatable bonds is 7. The van der Waals surface area contributed by atoms with E-state index < -0.39 is 0 Å². The van der Waals surface area contributed by atoms with E-state index >= 15 is 0 Å². The largest absolute Gasteiger partial charge is 0.497 e. The molecule has 0 radical (unpaired) electrons. The highest BCUT2D eigenvalue weighted by atomic mass is 16.5. The monoisotopic (exact) mass is 371 g/mol. The molecule has 0 bridgehead atoms. The van der Waals surface area contributed by atoms with Crippen LogP contribution >= 0.6 is 0 Å². The minimum atomic E-state index is 0.0528. The van der Waals surface area contributed by atoms with Gasteiger partial charge in [0.15, 0.2) is 0 Å². The minimum absolute atomic E-state index is 0.0528. The van der Waals surface area contributed by atoms with Crippen LogP contribution in [0.4, 0.5) is 0 Å². The lowest BCUT2D eigenvalue weighted by Gasteiger charge is -2.29. The molecule has 1 heterocycles. The van der Waals surface area contributed by atoms with Crippen molar-refractivity contribution in [2.75, 3.05) is 14.2 Å². The Morgan fingerprint density at radius 2 is 2.00 bits per heavy atom. The second-order valence-electron chi connectivity index (χ2n) is 7.03. The summed E-state index contributed by atoms with van der Waals surface area (Å²) in [5, 5.41) is 4.45. The molecule has 146 valence electrons. The topological polar surface area (TPSA) is 56.6 Å². The average Bonchev–Trinajstić information content (AvgIpc) is 3.35. The summed E-state index contributed by atoms with van der Waals surface area (Å²) < 4.78 is 12.7. The van der Waals surface area contributed by atoms with Crippen LogP contribution in [-0.4, -0.2) is 40.8 Å². The van der Waals surface area contributed by atoms with Crippen molar-refractivity contribution in [1.29, 1.82) is 0 Å². The SMILES string of the molecule is CCn1cc(C(=O)N(Cc2ccc(OC)cc2OC)C2CCCC2)c(C)n1. The number of methoxy groups -OCH3 is 2. The molecule has 6 heteroatoms. The highest BCUT2D eigenvalue weighted by molar-refractivity contribution is 5.95.